The molecule has 0 unspecified atom stereocenters. The van der Waals surface area contributed by atoms with Crippen LogP contribution in [0.25, 0.3) is 6.08 Å². The predicted molar refractivity (Wildman–Crippen MR) is 132 cm³/mol. The fraction of sp³-hybridized carbons (Fsp3) is 0.208. The van der Waals surface area contributed by atoms with Gasteiger partial charge in [0, 0.05) is 9.50 Å². The lowest BCUT2D eigenvalue weighted by atomic mass is 9.95. The molecule has 0 aliphatic carbocycles. The first-order chi connectivity index (χ1) is 17.6. The van der Waals surface area contributed by atoms with Crippen LogP contribution in [0.1, 0.15) is 24.1 Å². The molecule has 37 heavy (non-hydrogen) atoms. The quantitative estimate of drug-likeness (QED) is 0.405. The van der Waals surface area contributed by atoms with Crippen LogP contribution in [0.5, 0.6) is 11.5 Å². The van der Waals surface area contributed by atoms with Gasteiger partial charge in [0.25, 0.3) is 5.56 Å². The fourth-order valence-electron chi connectivity index (χ4n) is 3.99. The van der Waals surface area contributed by atoms with Gasteiger partial charge in [-0.05, 0) is 48.4 Å². The third-order valence-corrected chi connectivity index (χ3v) is 7.48. The molecule has 0 fully saturated rings. The zero-order valence-electron chi connectivity index (χ0n) is 18.8. The second kappa shape index (κ2) is 9.66. The Morgan fingerprint density at radius 1 is 1.27 bits per heavy atom. The second-order valence-electron chi connectivity index (χ2n) is 7.84. The summed E-state index contributed by atoms with van der Waals surface area (Å²) in [6, 6.07) is 7.72. The van der Waals surface area contributed by atoms with Gasteiger partial charge in [0.05, 0.1) is 22.8 Å². The Kier molecular flexibility index (Phi) is 6.67. The molecule has 2 aromatic carbocycles. The summed E-state index contributed by atoms with van der Waals surface area (Å²) in [5, 5.41) is 0.335. The Bertz CT molecular complexity index is 1630. The Labute approximate surface area is 224 Å². The van der Waals surface area contributed by atoms with E-state index < -0.39 is 35.0 Å². The highest BCUT2D eigenvalue weighted by atomic mass is 79.9. The Balaban J connectivity index is 1.78. The number of ether oxygens (including phenoxy) is 3. The summed E-state index contributed by atoms with van der Waals surface area (Å²) in [4.78, 5) is 30.0. The molecule has 0 spiro atoms. The van der Waals surface area contributed by atoms with Crippen molar-refractivity contribution in [3.63, 3.8) is 0 Å². The molecule has 0 N–H and O–H groups in total. The number of thiazole rings is 1. The van der Waals surface area contributed by atoms with Crippen molar-refractivity contribution in [3.8, 4) is 11.5 Å². The van der Waals surface area contributed by atoms with E-state index in [2.05, 4.69) is 20.9 Å². The third kappa shape index (κ3) is 4.69. The number of nitrogens with zero attached hydrogens (tertiary/aromatic N) is 2. The summed E-state index contributed by atoms with van der Waals surface area (Å²) in [5.74, 6) is -0.237. The van der Waals surface area contributed by atoms with Gasteiger partial charge in [0.1, 0.15) is 0 Å². The van der Waals surface area contributed by atoms with Gasteiger partial charge in [-0.15, -0.1) is 0 Å². The molecule has 2 aliphatic heterocycles. The lowest BCUT2D eigenvalue weighted by molar-refractivity contribution is -0.140. The number of fused-ring (bicyclic) bond motifs is 2. The predicted octanol–water partition coefficient (Wildman–Crippen LogP) is 4.49. The van der Waals surface area contributed by atoms with Crippen molar-refractivity contribution in [2.45, 2.75) is 19.1 Å². The number of aromatic nitrogens is 1. The summed E-state index contributed by atoms with van der Waals surface area (Å²) in [5.41, 5.74) is -2.04. The van der Waals surface area contributed by atoms with Crippen LogP contribution in [0.15, 0.2) is 61.9 Å². The number of carbonyl (C=O) groups excluding carboxylic acids is 1. The highest BCUT2D eigenvalue weighted by molar-refractivity contribution is 9.10. The lowest BCUT2D eigenvalue weighted by Crippen LogP contribution is -2.41. The largest absolute Gasteiger partial charge is 0.463 e. The van der Waals surface area contributed by atoms with Crippen LogP contribution in [0.2, 0.25) is 5.02 Å². The first-order valence-electron chi connectivity index (χ1n) is 10.7. The third-order valence-electron chi connectivity index (χ3n) is 5.56. The number of carbonyl (C=O) groups is 1. The molecule has 192 valence electrons. The van der Waals surface area contributed by atoms with Gasteiger partial charge in [0.2, 0.25) is 6.79 Å². The number of esters is 1. The molecule has 3 aromatic rings. The van der Waals surface area contributed by atoms with Crippen molar-refractivity contribution in [1.29, 1.82) is 0 Å². The summed E-state index contributed by atoms with van der Waals surface area (Å²) in [7, 11) is 0. The molecule has 5 rings (SSSR count). The second-order valence-corrected chi connectivity index (χ2v) is 10.1. The number of hydrogen-bond donors (Lipinski definition) is 0. The van der Waals surface area contributed by atoms with E-state index in [9.17, 15) is 22.8 Å². The molecule has 0 radical (unpaired) electrons. The molecule has 3 heterocycles. The normalized spacial score (nSPS) is 17.0. The van der Waals surface area contributed by atoms with Crippen LogP contribution in [0, 0.1) is 0 Å². The van der Waals surface area contributed by atoms with Crippen molar-refractivity contribution in [3.05, 3.63) is 88.0 Å². The summed E-state index contributed by atoms with van der Waals surface area (Å²) < 4.78 is 60.0. The Morgan fingerprint density at radius 3 is 2.59 bits per heavy atom. The average molecular weight is 616 g/mol. The first kappa shape index (κ1) is 25.6. The fourth-order valence-corrected chi connectivity index (χ4v) is 5.54. The Morgan fingerprint density at radius 2 is 1.95 bits per heavy atom. The molecule has 1 aromatic heterocycles. The van der Waals surface area contributed by atoms with Crippen LogP contribution in [0.4, 0.5) is 13.2 Å². The van der Waals surface area contributed by atoms with Crippen LogP contribution in [0.3, 0.4) is 0 Å². The van der Waals surface area contributed by atoms with Gasteiger partial charge in [-0.2, -0.15) is 13.2 Å². The summed E-state index contributed by atoms with van der Waals surface area (Å²) in [6.45, 7) is 1.36. The maximum absolute atomic E-state index is 14.2. The average Bonchev–Trinajstić information content (AvgIpc) is 3.42. The van der Waals surface area contributed by atoms with E-state index in [1.54, 1.807) is 12.1 Å². The van der Waals surface area contributed by atoms with Gasteiger partial charge in [-0.3, -0.25) is 9.36 Å². The molecule has 13 heteroatoms. The van der Waals surface area contributed by atoms with E-state index in [0.29, 0.717) is 26.6 Å². The van der Waals surface area contributed by atoms with Gasteiger partial charge in [-0.25, -0.2) is 9.79 Å². The van der Waals surface area contributed by atoms with E-state index in [4.69, 9.17) is 25.8 Å². The maximum atomic E-state index is 14.2. The number of alkyl halides is 3. The molecule has 0 amide bonds. The Hall–Kier alpha value is -3.09. The maximum Gasteiger partial charge on any atom is 0.434 e. The molecule has 0 saturated heterocycles. The van der Waals surface area contributed by atoms with Gasteiger partial charge >= 0.3 is 12.1 Å². The van der Waals surface area contributed by atoms with Crippen LogP contribution >= 0.6 is 38.9 Å². The van der Waals surface area contributed by atoms with E-state index in [0.717, 1.165) is 15.9 Å². The minimum atomic E-state index is -4.98. The van der Waals surface area contributed by atoms with Gasteiger partial charge in [-0.1, -0.05) is 51.0 Å². The summed E-state index contributed by atoms with van der Waals surface area (Å²) in [6.07, 6.45) is -3.47. The standard InChI is InChI=1S/C24H15BrClF3N2O5S/c1-2-34-22(33)18-19(11-3-5-13(26)6-4-11)31-21(32)17(37-23(31)30-20(18)24(27,28)29)8-12-7-15-16(9-14(12)25)36-10-35-15/h3-9,19H,2,10H2,1H3/b17-8-/t19-/m0/s1. The van der Waals surface area contributed by atoms with Crippen molar-refractivity contribution >= 4 is 50.9 Å². The zero-order chi connectivity index (χ0) is 26.5. The zero-order valence-corrected chi connectivity index (χ0v) is 21.9. The summed E-state index contributed by atoms with van der Waals surface area (Å²) >= 11 is 10.2. The topological polar surface area (TPSA) is 79.1 Å². The lowest BCUT2D eigenvalue weighted by Gasteiger charge is -2.26. The van der Waals surface area contributed by atoms with Crippen LogP contribution in [-0.4, -0.2) is 30.1 Å². The number of benzene rings is 2. The number of allylic oxidation sites excluding steroid dienone is 1. The monoisotopic (exact) mass is 614 g/mol. The molecule has 2 aliphatic rings. The molecular formula is C24H15BrClF3N2O5S. The van der Waals surface area contributed by atoms with Crippen molar-refractivity contribution in [1.82, 2.24) is 4.57 Å². The van der Waals surface area contributed by atoms with E-state index in [-0.39, 0.29) is 28.3 Å². The van der Waals surface area contributed by atoms with Crippen LogP contribution < -0.4 is 24.4 Å². The number of hydrogen-bond acceptors (Lipinski definition) is 7. The van der Waals surface area contributed by atoms with Crippen LogP contribution in [-0.2, 0) is 9.53 Å². The molecule has 1 atom stereocenters. The van der Waals surface area contributed by atoms with Gasteiger partial charge < -0.3 is 14.2 Å². The van der Waals surface area contributed by atoms with E-state index >= 15 is 0 Å². The minimum absolute atomic E-state index is 0.0470. The number of rotatable bonds is 4. The number of halogens is 5. The van der Waals surface area contributed by atoms with Crippen molar-refractivity contribution in [2.75, 3.05) is 13.4 Å². The highest BCUT2D eigenvalue weighted by Crippen LogP contribution is 2.39. The molecule has 7 nitrogen and oxygen atoms in total. The molecular weight excluding hydrogens is 601 g/mol. The van der Waals surface area contributed by atoms with Crippen molar-refractivity contribution in [2.24, 2.45) is 4.99 Å². The molecule has 0 bridgehead atoms. The highest BCUT2D eigenvalue weighted by Gasteiger charge is 2.45. The van der Waals surface area contributed by atoms with Gasteiger partial charge in [0.15, 0.2) is 22.0 Å². The van der Waals surface area contributed by atoms with E-state index in [1.165, 1.54) is 37.3 Å². The first-order valence-corrected chi connectivity index (χ1v) is 12.7. The molecule has 0 saturated carbocycles. The minimum Gasteiger partial charge on any atom is -0.463 e. The smallest absolute Gasteiger partial charge is 0.434 e. The van der Waals surface area contributed by atoms with Crippen molar-refractivity contribution < 1.29 is 32.2 Å². The van der Waals surface area contributed by atoms with E-state index in [1.807, 2.05) is 0 Å². The SMILES string of the molecule is CCOC(=O)C1=C(C(F)(F)F)N=c2s/c(=C\c3cc4c(cc3Br)OCO4)c(=O)n2[C@H]1c1ccc(Cl)cc1.